The fourth-order valence-corrected chi connectivity index (χ4v) is 2.49. The van der Waals surface area contributed by atoms with E-state index >= 15 is 0 Å². The van der Waals surface area contributed by atoms with E-state index in [0.717, 1.165) is 34.4 Å². The molecule has 0 fully saturated rings. The van der Waals surface area contributed by atoms with Crippen molar-refractivity contribution in [2.75, 3.05) is 0 Å². The second kappa shape index (κ2) is 6.19. The van der Waals surface area contributed by atoms with Gasteiger partial charge in [0.2, 0.25) is 0 Å². The Labute approximate surface area is 120 Å². The van der Waals surface area contributed by atoms with Crippen LogP contribution in [-0.2, 0) is 6.54 Å². The topological polar surface area (TPSA) is 12.0 Å². The van der Waals surface area contributed by atoms with Crippen molar-refractivity contribution in [3.8, 4) is 11.1 Å². The molecular weight excluding hydrogens is 249 g/mol. The Kier molecular flexibility index (Phi) is 4.56. The van der Waals surface area contributed by atoms with E-state index in [4.69, 9.17) is 0 Å². The molecule has 0 saturated carbocycles. The first kappa shape index (κ1) is 14.7. The quantitative estimate of drug-likeness (QED) is 0.856. The van der Waals surface area contributed by atoms with E-state index in [9.17, 15) is 4.39 Å². The summed E-state index contributed by atoms with van der Waals surface area (Å²) in [6, 6.07) is 12.1. The van der Waals surface area contributed by atoms with Crippen LogP contribution in [0.15, 0.2) is 36.4 Å². The van der Waals surface area contributed by atoms with Crippen LogP contribution >= 0.6 is 0 Å². The second-order valence-corrected chi connectivity index (χ2v) is 5.63. The van der Waals surface area contributed by atoms with Gasteiger partial charge >= 0.3 is 0 Å². The molecule has 0 aromatic heterocycles. The maximum atomic E-state index is 14.4. The third-order valence-electron chi connectivity index (χ3n) is 3.42. The molecule has 0 aliphatic heterocycles. The fraction of sp³-hybridized carbons (Fsp3) is 0.333. The molecule has 0 saturated heterocycles. The van der Waals surface area contributed by atoms with Gasteiger partial charge in [-0.05, 0) is 42.2 Å². The molecule has 2 heteroatoms. The van der Waals surface area contributed by atoms with Crippen molar-refractivity contribution >= 4 is 0 Å². The minimum atomic E-state index is -0.139. The van der Waals surface area contributed by atoms with Gasteiger partial charge in [0.05, 0.1) is 0 Å². The first-order chi connectivity index (χ1) is 9.49. The third kappa shape index (κ3) is 3.26. The van der Waals surface area contributed by atoms with Crippen LogP contribution in [-0.4, -0.2) is 6.04 Å². The Morgan fingerprint density at radius 2 is 1.80 bits per heavy atom. The summed E-state index contributed by atoms with van der Waals surface area (Å²) >= 11 is 0. The van der Waals surface area contributed by atoms with Gasteiger partial charge in [-0.15, -0.1) is 0 Å². The van der Waals surface area contributed by atoms with E-state index in [-0.39, 0.29) is 5.82 Å². The molecule has 1 N–H and O–H groups in total. The Balaban J connectivity index is 2.48. The summed E-state index contributed by atoms with van der Waals surface area (Å²) in [5, 5.41) is 3.40. The Morgan fingerprint density at radius 3 is 2.45 bits per heavy atom. The van der Waals surface area contributed by atoms with Crippen molar-refractivity contribution in [2.45, 2.75) is 40.3 Å². The highest BCUT2D eigenvalue weighted by Gasteiger charge is 2.13. The zero-order valence-electron chi connectivity index (χ0n) is 12.6. The van der Waals surface area contributed by atoms with Gasteiger partial charge < -0.3 is 5.32 Å². The molecule has 0 bridgehead atoms. The van der Waals surface area contributed by atoms with E-state index < -0.39 is 0 Å². The number of hydrogen-bond donors (Lipinski definition) is 1. The summed E-state index contributed by atoms with van der Waals surface area (Å²) in [7, 11) is 0. The van der Waals surface area contributed by atoms with Crippen molar-refractivity contribution in [3.05, 3.63) is 58.9 Å². The zero-order chi connectivity index (χ0) is 14.7. The summed E-state index contributed by atoms with van der Waals surface area (Å²) in [5.74, 6) is -0.139. The third-order valence-corrected chi connectivity index (χ3v) is 3.42. The summed E-state index contributed by atoms with van der Waals surface area (Å²) in [4.78, 5) is 0. The van der Waals surface area contributed by atoms with Gasteiger partial charge in [0.25, 0.3) is 0 Å². The maximum Gasteiger partial charge on any atom is 0.131 e. The van der Waals surface area contributed by atoms with Gasteiger partial charge in [-0.2, -0.15) is 0 Å². The van der Waals surface area contributed by atoms with Crippen LogP contribution in [0.25, 0.3) is 11.1 Å². The Hall–Kier alpha value is -1.67. The summed E-state index contributed by atoms with van der Waals surface area (Å²) in [6.07, 6.45) is 0. The van der Waals surface area contributed by atoms with Crippen molar-refractivity contribution < 1.29 is 4.39 Å². The smallest absolute Gasteiger partial charge is 0.131 e. The standard InChI is InChI=1S/C18H22FN/c1-12(2)20-11-15-7-5-6-8-16(15)18-14(4)9-13(3)10-17(18)19/h5-10,12,20H,11H2,1-4H3. The van der Waals surface area contributed by atoms with Crippen molar-refractivity contribution in [1.29, 1.82) is 0 Å². The molecule has 1 nitrogen and oxygen atoms in total. The van der Waals surface area contributed by atoms with Gasteiger partial charge in [-0.1, -0.05) is 44.2 Å². The Bertz CT molecular complexity index is 579. The molecule has 0 heterocycles. The highest BCUT2D eigenvalue weighted by atomic mass is 19.1. The molecule has 2 aromatic carbocycles. The highest BCUT2D eigenvalue weighted by molar-refractivity contribution is 5.71. The molecule has 0 atom stereocenters. The average molecular weight is 271 g/mol. The van der Waals surface area contributed by atoms with Crippen LogP contribution < -0.4 is 5.32 Å². The number of nitrogens with one attached hydrogen (secondary N) is 1. The molecule has 0 spiro atoms. The number of aryl methyl sites for hydroxylation is 2. The molecule has 106 valence electrons. The second-order valence-electron chi connectivity index (χ2n) is 5.63. The lowest BCUT2D eigenvalue weighted by molar-refractivity contribution is 0.588. The van der Waals surface area contributed by atoms with E-state index in [1.54, 1.807) is 6.07 Å². The lowest BCUT2D eigenvalue weighted by Gasteiger charge is -2.15. The summed E-state index contributed by atoms with van der Waals surface area (Å²) in [6.45, 7) is 8.87. The molecule has 0 unspecified atom stereocenters. The van der Waals surface area contributed by atoms with Crippen molar-refractivity contribution in [1.82, 2.24) is 5.32 Å². The monoisotopic (exact) mass is 271 g/mol. The van der Waals surface area contributed by atoms with Gasteiger partial charge in [0.1, 0.15) is 5.82 Å². The van der Waals surface area contributed by atoms with Gasteiger partial charge in [-0.25, -0.2) is 4.39 Å². The van der Waals surface area contributed by atoms with E-state index in [0.29, 0.717) is 6.04 Å². The molecule has 2 rings (SSSR count). The summed E-state index contributed by atoms with van der Waals surface area (Å²) in [5.41, 5.74) is 4.78. The molecule has 0 amide bonds. The van der Waals surface area contributed by atoms with Crippen molar-refractivity contribution in [2.24, 2.45) is 0 Å². The largest absolute Gasteiger partial charge is 0.310 e. The molecule has 2 aromatic rings. The fourth-order valence-electron chi connectivity index (χ4n) is 2.49. The molecule has 0 aliphatic rings. The first-order valence-corrected chi connectivity index (χ1v) is 7.07. The average Bonchev–Trinajstić information content (AvgIpc) is 2.36. The van der Waals surface area contributed by atoms with Crippen LogP contribution in [0.2, 0.25) is 0 Å². The van der Waals surface area contributed by atoms with Gasteiger partial charge in [0, 0.05) is 18.2 Å². The lowest BCUT2D eigenvalue weighted by atomic mass is 9.94. The predicted octanol–water partition coefficient (Wildman–Crippen LogP) is 4.61. The minimum absolute atomic E-state index is 0.139. The molecule has 0 radical (unpaired) electrons. The lowest BCUT2D eigenvalue weighted by Crippen LogP contribution is -2.22. The molecular formula is C18H22FN. The van der Waals surface area contributed by atoms with Crippen LogP contribution in [0, 0.1) is 19.7 Å². The first-order valence-electron chi connectivity index (χ1n) is 7.07. The number of halogens is 1. The van der Waals surface area contributed by atoms with Crippen molar-refractivity contribution in [3.63, 3.8) is 0 Å². The van der Waals surface area contributed by atoms with E-state index in [2.05, 4.69) is 25.2 Å². The van der Waals surface area contributed by atoms with Crippen LogP contribution in [0.3, 0.4) is 0 Å². The molecule has 20 heavy (non-hydrogen) atoms. The van der Waals surface area contributed by atoms with Gasteiger partial charge in [0.15, 0.2) is 0 Å². The maximum absolute atomic E-state index is 14.4. The van der Waals surface area contributed by atoms with E-state index in [1.165, 1.54) is 0 Å². The number of hydrogen-bond acceptors (Lipinski definition) is 1. The Morgan fingerprint density at radius 1 is 1.10 bits per heavy atom. The summed E-state index contributed by atoms with van der Waals surface area (Å²) < 4.78 is 14.4. The van der Waals surface area contributed by atoms with Crippen LogP contribution in [0.5, 0.6) is 0 Å². The van der Waals surface area contributed by atoms with Crippen LogP contribution in [0.4, 0.5) is 4.39 Å². The number of benzene rings is 2. The highest BCUT2D eigenvalue weighted by Crippen LogP contribution is 2.30. The SMILES string of the molecule is Cc1cc(C)c(-c2ccccc2CNC(C)C)c(F)c1. The van der Waals surface area contributed by atoms with Gasteiger partial charge in [-0.3, -0.25) is 0 Å². The van der Waals surface area contributed by atoms with Crippen LogP contribution in [0.1, 0.15) is 30.5 Å². The normalized spacial score (nSPS) is 11.1. The van der Waals surface area contributed by atoms with E-state index in [1.807, 2.05) is 38.1 Å². The zero-order valence-corrected chi connectivity index (χ0v) is 12.6. The molecule has 0 aliphatic carbocycles. The number of rotatable bonds is 4. The predicted molar refractivity (Wildman–Crippen MR) is 83.3 cm³/mol. The minimum Gasteiger partial charge on any atom is -0.310 e.